The van der Waals surface area contributed by atoms with Gasteiger partial charge in [0.2, 0.25) is 0 Å². The molecule has 0 aliphatic carbocycles. The van der Waals surface area contributed by atoms with Gasteiger partial charge >= 0.3 is 5.97 Å². The summed E-state index contributed by atoms with van der Waals surface area (Å²) in [6.45, 7) is 4.44. The lowest BCUT2D eigenvalue weighted by atomic mass is 9.90. The highest BCUT2D eigenvalue weighted by atomic mass is 16.4. The number of aryl methyl sites for hydroxylation is 1. The molecule has 1 aromatic heterocycles. The molecule has 110 valence electrons. The van der Waals surface area contributed by atoms with Gasteiger partial charge in [0.1, 0.15) is 0 Å². The first kappa shape index (κ1) is 13.7. The summed E-state index contributed by atoms with van der Waals surface area (Å²) in [5.41, 5.74) is 3.10. The van der Waals surface area contributed by atoms with E-state index in [0.29, 0.717) is 6.42 Å². The van der Waals surface area contributed by atoms with Crippen molar-refractivity contribution in [3.63, 3.8) is 0 Å². The number of carboxylic acids is 1. The fourth-order valence-corrected chi connectivity index (χ4v) is 2.93. The number of hydrogen-bond acceptors (Lipinski definition) is 3. The number of anilines is 1. The van der Waals surface area contributed by atoms with Gasteiger partial charge in [-0.05, 0) is 25.0 Å². The van der Waals surface area contributed by atoms with Crippen molar-refractivity contribution in [2.24, 2.45) is 0 Å². The fourth-order valence-electron chi connectivity index (χ4n) is 2.93. The number of rotatable bonds is 4. The van der Waals surface area contributed by atoms with Crippen LogP contribution in [0.4, 0.5) is 5.69 Å². The molecular formula is C16H19N3O2. The Morgan fingerprint density at radius 3 is 2.95 bits per heavy atom. The van der Waals surface area contributed by atoms with Crippen LogP contribution in [0.25, 0.3) is 0 Å². The van der Waals surface area contributed by atoms with Crippen molar-refractivity contribution in [2.75, 3.05) is 11.4 Å². The van der Waals surface area contributed by atoms with Crippen LogP contribution in [0.5, 0.6) is 0 Å². The number of aromatic nitrogens is 2. The summed E-state index contributed by atoms with van der Waals surface area (Å²) in [7, 11) is 0. The van der Waals surface area contributed by atoms with Crippen LogP contribution in [0.1, 0.15) is 30.4 Å². The quantitative estimate of drug-likeness (QED) is 0.937. The Morgan fingerprint density at radius 2 is 2.24 bits per heavy atom. The molecule has 0 saturated heterocycles. The van der Waals surface area contributed by atoms with E-state index in [-0.39, 0.29) is 0 Å². The smallest absolute Gasteiger partial charge is 0.311 e. The van der Waals surface area contributed by atoms with E-state index in [1.807, 2.05) is 41.3 Å². The van der Waals surface area contributed by atoms with Crippen LogP contribution in [0, 0.1) is 0 Å². The average Bonchev–Trinajstić information content (AvgIpc) is 2.95. The number of benzene rings is 1. The Balaban J connectivity index is 1.87. The highest BCUT2D eigenvalue weighted by molar-refractivity contribution is 5.80. The minimum atomic E-state index is -0.735. The molecule has 5 nitrogen and oxygen atoms in total. The molecule has 1 N–H and O–H groups in total. The lowest BCUT2D eigenvalue weighted by molar-refractivity contribution is -0.139. The molecule has 21 heavy (non-hydrogen) atoms. The number of fused-ring (bicyclic) bond motifs is 1. The summed E-state index contributed by atoms with van der Waals surface area (Å²) in [4.78, 5) is 13.6. The Labute approximate surface area is 123 Å². The maximum absolute atomic E-state index is 11.4. The third kappa shape index (κ3) is 2.63. The summed E-state index contributed by atoms with van der Waals surface area (Å²) in [6, 6.07) is 7.81. The largest absolute Gasteiger partial charge is 0.481 e. The average molecular weight is 285 g/mol. The summed E-state index contributed by atoms with van der Waals surface area (Å²) >= 11 is 0. The Hall–Kier alpha value is -2.30. The van der Waals surface area contributed by atoms with Gasteiger partial charge < -0.3 is 10.0 Å². The van der Waals surface area contributed by atoms with E-state index < -0.39 is 11.9 Å². The van der Waals surface area contributed by atoms with Crippen molar-refractivity contribution in [3.8, 4) is 0 Å². The van der Waals surface area contributed by atoms with Gasteiger partial charge in [0.05, 0.1) is 12.1 Å². The van der Waals surface area contributed by atoms with E-state index in [1.54, 1.807) is 0 Å². The second-order valence-electron chi connectivity index (χ2n) is 5.36. The van der Waals surface area contributed by atoms with Crippen molar-refractivity contribution in [2.45, 2.75) is 32.4 Å². The minimum absolute atomic E-state index is 0.393. The summed E-state index contributed by atoms with van der Waals surface area (Å²) in [5, 5.41) is 13.7. The van der Waals surface area contributed by atoms with Crippen molar-refractivity contribution in [1.29, 1.82) is 0 Å². The van der Waals surface area contributed by atoms with Gasteiger partial charge in [-0.25, -0.2) is 0 Å². The van der Waals surface area contributed by atoms with Gasteiger partial charge in [-0.15, -0.1) is 0 Å². The Bertz CT molecular complexity index is 650. The van der Waals surface area contributed by atoms with Crippen LogP contribution < -0.4 is 4.90 Å². The standard InChI is InChI=1S/C16H19N3O2/c1-2-19-11-12(9-17-19)10-18-8-7-14(16(20)21)13-5-3-4-6-15(13)18/h3-6,9,11,14H,2,7-8,10H2,1H3,(H,20,21). The van der Waals surface area contributed by atoms with Gasteiger partial charge in [0, 0.05) is 37.1 Å². The van der Waals surface area contributed by atoms with Crippen LogP contribution in [-0.2, 0) is 17.9 Å². The van der Waals surface area contributed by atoms with Crippen LogP contribution in [0.2, 0.25) is 0 Å². The molecule has 0 fully saturated rings. The molecule has 1 unspecified atom stereocenters. The predicted octanol–water partition coefficient (Wildman–Crippen LogP) is 2.48. The topological polar surface area (TPSA) is 58.4 Å². The maximum Gasteiger partial charge on any atom is 0.311 e. The van der Waals surface area contributed by atoms with E-state index in [0.717, 1.165) is 36.4 Å². The molecule has 3 rings (SSSR count). The van der Waals surface area contributed by atoms with Crippen LogP contribution in [0.3, 0.4) is 0 Å². The SMILES string of the molecule is CCn1cc(CN2CCC(C(=O)O)c3ccccc32)cn1. The normalized spacial score (nSPS) is 17.6. The zero-order chi connectivity index (χ0) is 14.8. The fraction of sp³-hybridized carbons (Fsp3) is 0.375. The van der Waals surface area contributed by atoms with Crippen LogP contribution >= 0.6 is 0 Å². The highest BCUT2D eigenvalue weighted by Crippen LogP contribution is 2.35. The summed E-state index contributed by atoms with van der Waals surface area (Å²) < 4.78 is 1.91. The molecule has 1 aromatic carbocycles. The minimum Gasteiger partial charge on any atom is -0.481 e. The van der Waals surface area contributed by atoms with Crippen LogP contribution in [0.15, 0.2) is 36.7 Å². The molecule has 0 amide bonds. The van der Waals surface area contributed by atoms with Gasteiger partial charge in [0.15, 0.2) is 0 Å². The molecule has 2 heterocycles. The second-order valence-corrected chi connectivity index (χ2v) is 5.36. The lowest BCUT2D eigenvalue weighted by Crippen LogP contribution is -2.32. The first-order valence-electron chi connectivity index (χ1n) is 7.27. The molecule has 5 heteroatoms. The monoisotopic (exact) mass is 285 g/mol. The Kier molecular flexibility index (Phi) is 3.64. The molecule has 0 bridgehead atoms. The molecule has 1 aliphatic heterocycles. The van der Waals surface area contributed by atoms with E-state index in [9.17, 15) is 9.90 Å². The molecule has 1 atom stereocenters. The number of carboxylic acid groups (broad SMARTS) is 1. The lowest BCUT2D eigenvalue weighted by Gasteiger charge is -2.34. The third-order valence-electron chi connectivity index (χ3n) is 4.02. The summed E-state index contributed by atoms with van der Waals surface area (Å²) in [5.74, 6) is -1.13. The number of carbonyl (C=O) groups is 1. The third-order valence-corrected chi connectivity index (χ3v) is 4.02. The van der Waals surface area contributed by atoms with Crippen molar-refractivity contribution < 1.29 is 9.90 Å². The summed E-state index contributed by atoms with van der Waals surface area (Å²) in [6.07, 6.45) is 4.58. The van der Waals surface area contributed by atoms with Crippen LogP contribution in [-0.4, -0.2) is 27.4 Å². The molecule has 0 spiro atoms. The number of hydrogen-bond donors (Lipinski definition) is 1. The molecule has 0 radical (unpaired) electrons. The highest BCUT2D eigenvalue weighted by Gasteiger charge is 2.29. The first-order chi connectivity index (χ1) is 10.2. The van der Waals surface area contributed by atoms with Crippen molar-refractivity contribution in [3.05, 3.63) is 47.8 Å². The van der Waals surface area contributed by atoms with Crippen molar-refractivity contribution >= 4 is 11.7 Å². The van der Waals surface area contributed by atoms with Gasteiger partial charge in [0.25, 0.3) is 0 Å². The maximum atomic E-state index is 11.4. The molecular weight excluding hydrogens is 266 g/mol. The van der Waals surface area contributed by atoms with Crippen molar-refractivity contribution in [1.82, 2.24) is 9.78 Å². The van der Waals surface area contributed by atoms with E-state index in [2.05, 4.69) is 16.9 Å². The number of para-hydroxylation sites is 1. The number of nitrogens with zero attached hydrogens (tertiary/aromatic N) is 3. The van der Waals surface area contributed by atoms with Gasteiger partial charge in [-0.2, -0.15) is 5.10 Å². The second kappa shape index (κ2) is 5.60. The zero-order valence-electron chi connectivity index (χ0n) is 12.1. The molecule has 2 aromatic rings. The molecule has 1 aliphatic rings. The van der Waals surface area contributed by atoms with E-state index in [1.165, 1.54) is 0 Å². The van der Waals surface area contributed by atoms with Gasteiger partial charge in [-0.3, -0.25) is 9.48 Å². The number of aliphatic carboxylic acids is 1. The first-order valence-corrected chi connectivity index (χ1v) is 7.27. The van der Waals surface area contributed by atoms with Gasteiger partial charge in [-0.1, -0.05) is 18.2 Å². The zero-order valence-corrected chi connectivity index (χ0v) is 12.1. The van der Waals surface area contributed by atoms with E-state index in [4.69, 9.17) is 0 Å². The van der Waals surface area contributed by atoms with E-state index >= 15 is 0 Å². The Morgan fingerprint density at radius 1 is 1.43 bits per heavy atom. The molecule has 0 saturated carbocycles. The predicted molar refractivity (Wildman–Crippen MR) is 80.4 cm³/mol.